The lowest BCUT2D eigenvalue weighted by atomic mass is 10.3. The Balaban J connectivity index is 2.24. The smallest absolute Gasteiger partial charge is 0.227 e. The van der Waals surface area contributed by atoms with Crippen LogP contribution in [-0.2, 0) is 0 Å². The quantitative estimate of drug-likeness (QED) is 0.872. The summed E-state index contributed by atoms with van der Waals surface area (Å²) < 4.78 is 13.4. The topological polar surface area (TPSA) is 37.8 Å². The molecule has 1 aromatic rings. The molecule has 0 aromatic carbocycles. The number of nitrogens with zero attached hydrogens (tertiary/aromatic N) is 2. The third-order valence-corrected chi connectivity index (χ3v) is 2.81. The zero-order chi connectivity index (χ0) is 12.3. The number of aryl methyl sites for hydroxylation is 2. The molecule has 0 spiro atoms. The summed E-state index contributed by atoms with van der Waals surface area (Å²) in [5, 5.41) is 6.97. The molecule has 0 aliphatic carbocycles. The highest BCUT2D eigenvalue weighted by Crippen LogP contribution is 2.15. The molecule has 1 aliphatic heterocycles. The van der Waals surface area contributed by atoms with Crippen LogP contribution in [0.1, 0.15) is 11.4 Å². The van der Waals surface area contributed by atoms with E-state index in [9.17, 15) is 4.39 Å². The van der Waals surface area contributed by atoms with Crippen LogP contribution in [0.25, 0.3) is 0 Å². The van der Waals surface area contributed by atoms with Crippen molar-refractivity contribution in [2.45, 2.75) is 13.8 Å². The fourth-order valence-electron chi connectivity index (χ4n) is 1.37. The number of anilines is 1. The monoisotopic (exact) mass is 249 g/mol. The lowest BCUT2D eigenvalue weighted by Gasteiger charge is -2.07. The molecule has 0 atom stereocenters. The summed E-state index contributed by atoms with van der Waals surface area (Å²) in [5.41, 5.74) is 1.57. The van der Waals surface area contributed by atoms with Crippen molar-refractivity contribution in [3.63, 3.8) is 0 Å². The van der Waals surface area contributed by atoms with Crippen LogP contribution < -0.4 is 5.32 Å². The van der Waals surface area contributed by atoms with Crippen LogP contribution in [0.4, 0.5) is 10.3 Å². The molecule has 1 aromatic heterocycles. The Bertz CT molecular complexity index is 497. The Labute approximate surface area is 104 Å². The van der Waals surface area contributed by atoms with Crippen molar-refractivity contribution in [2.24, 2.45) is 0 Å². The molecule has 3 nitrogen and oxygen atoms in total. The average molecular weight is 249 g/mol. The van der Waals surface area contributed by atoms with Gasteiger partial charge in [0.15, 0.2) is 5.82 Å². The number of halogens is 1. The first-order chi connectivity index (χ1) is 8.16. The van der Waals surface area contributed by atoms with Gasteiger partial charge in [0.1, 0.15) is 0 Å². The van der Waals surface area contributed by atoms with Crippen LogP contribution >= 0.6 is 11.8 Å². The number of aromatic nitrogens is 2. The van der Waals surface area contributed by atoms with E-state index in [-0.39, 0.29) is 5.82 Å². The number of allylic oxidation sites excluding steroid dienone is 3. The number of hydrogen-bond donors (Lipinski definition) is 1. The van der Waals surface area contributed by atoms with Crippen LogP contribution in [0.15, 0.2) is 34.7 Å². The molecule has 0 fully saturated rings. The summed E-state index contributed by atoms with van der Waals surface area (Å²) in [4.78, 5) is 8.11. The highest BCUT2D eigenvalue weighted by molar-refractivity contribution is 8.04. The first-order valence-corrected chi connectivity index (χ1v) is 6.07. The Hall–Kier alpha value is -1.62. The summed E-state index contributed by atoms with van der Waals surface area (Å²) in [6.07, 6.45) is 5.76. The van der Waals surface area contributed by atoms with E-state index < -0.39 is 0 Å². The molecule has 2 heterocycles. The van der Waals surface area contributed by atoms with Crippen molar-refractivity contribution in [3.05, 3.63) is 51.9 Å². The van der Waals surface area contributed by atoms with Gasteiger partial charge in [0.05, 0.1) is 11.4 Å². The van der Waals surface area contributed by atoms with Crippen molar-refractivity contribution in [3.8, 4) is 0 Å². The van der Waals surface area contributed by atoms with E-state index in [1.807, 2.05) is 29.0 Å². The van der Waals surface area contributed by atoms with Gasteiger partial charge in [-0.25, -0.2) is 14.4 Å². The van der Waals surface area contributed by atoms with Crippen molar-refractivity contribution in [1.29, 1.82) is 0 Å². The molecular weight excluding hydrogens is 237 g/mol. The Morgan fingerprint density at radius 3 is 2.59 bits per heavy atom. The van der Waals surface area contributed by atoms with Gasteiger partial charge in [-0.3, -0.25) is 0 Å². The van der Waals surface area contributed by atoms with Gasteiger partial charge in [-0.05, 0) is 36.8 Å². The number of nitrogens with one attached hydrogen (secondary N) is 1. The van der Waals surface area contributed by atoms with E-state index in [1.54, 1.807) is 25.6 Å². The molecule has 0 saturated carbocycles. The first kappa shape index (κ1) is 11.9. The first-order valence-electron chi connectivity index (χ1n) is 5.13. The normalized spacial score (nSPS) is 14.4. The minimum absolute atomic E-state index is 0.350. The summed E-state index contributed by atoms with van der Waals surface area (Å²) >= 11 is 1.58. The molecule has 0 radical (unpaired) electrons. The number of rotatable bonds is 2. The zero-order valence-corrected chi connectivity index (χ0v) is 10.4. The minimum atomic E-state index is -0.351. The summed E-state index contributed by atoms with van der Waals surface area (Å²) in [6.45, 7) is 3.25. The fourth-order valence-corrected chi connectivity index (χ4v) is 1.86. The maximum absolute atomic E-state index is 13.4. The summed E-state index contributed by atoms with van der Waals surface area (Å²) in [7, 11) is 0. The zero-order valence-electron chi connectivity index (χ0n) is 9.57. The predicted molar refractivity (Wildman–Crippen MR) is 69.0 cm³/mol. The van der Waals surface area contributed by atoms with Gasteiger partial charge in [0, 0.05) is 5.70 Å². The largest absolute Gasteiger partial charge is 0.324 e. The lowest BCUT2D eigenvalue weighted by Crippen LogP contribution is -2.06. The molecule has 0 saturated heterocycles. The second-order valence-electron chi connectivity index (χ2n) is 3.55. The Morgan fingerprint density at radius 1 is 1.18 bits per heavy atom. The van der Waals surface area contributed by atoms with Crippen molar-refractivity contribution >= 4 is 17.7 Å². The van der Waals surface area contributed by atoms with E-state index in [2.05, 4.69) is 15.3 Å². The van der Waals surface area contributed by atoms with Crippen LogP contribution in [-0.4, -0.2) is 9.97 Å². The lowest BCUT2D eigenvalue weighted by molar-refractivity contribution is 0.591. The third kappa shape index (κ3) is 2.94. The second kappa shape index (κ2) is 5.14. The molecule has 0 bridgehead atoms. The van der Waals surface area contributed by atoms with E-state index >= 15 is 0 Å². The summed E-state index contributed by atoms with van der Waals surface area (Å²) in [5.74, 6) is 0.0639. The SMILES string of the molecule is Cc1nc(NC2=CC=CSC=C2)nc(C)c1F. The number of thioether (sulfide) groups is 1. The van der Waals surface area contributed by atoms with Gasteiger partial charge in [-0.2, -0.15) is 0 Å². The Morgan fingerprint density at radius 2 is 1.88 bits per heavy atom. The number of hydrogen-bond acceptors (Lipinski definition) is 4. The average Bonchev–Trinajstić information content (AvgIpc) is 2.54. The molecule has 5 heteroatoms. The molecule has 88 valence electrons. The summed E-state index contributed by atoms with van der Waals surface area (Å²) in [6, 6.07) is 0. The molecule has 17 heavy (non-hydrogen) atoms. The van der Waals surface area contributed by atoms with Gasteiger partial charge < -0.3 is 5.32 Å². The van der Waals surface area contributed by atoms with Gasteiger partial charge in [-0.15, -0.1) is 11.8 Å². The predicted octanol–water partition coefficient (Wildman–Crippen LogP) is 3.30. The second-order valence-corrected chi connectivity index (χ2v) is 4.36. The van der Waals surface area contributed by atoms with Crippen LogP contribution in [0.5, 0.6) is 0 Å². The van der Waals surface area contributed by atoms with Crippen LogP contribution in [0.2, 0.25) is 0 Å². The Kier molecular flexibility index (Phi) is 3.58. The van der Waals surface area contributed by atoms with Gasteiger partial charge in [-0.1, -0.05) is 6.08 Å². The van der Waals surface area contributed by atoms with Crippen molar-refractivity contribution < 1.29 is 4.39 Å². The van der Waals surface area contributed by atoms with E-state index in [4.69, 9.17) is 0 Å². The van der Waals surface area contributed by atoms with Crippen LogP contribution in [0, 0.1) is 19.7 Å². The van der Waals surface area contributed by atoms with Crippen LogP contribution in [0.3, 0.4) is 0 Å². The molecule has 1 N–H and O–H groups in total. The standard InChI is InChI=1S/C12H12FN3S/c1-8-11(13)9(2)15-12(14-8)16-10-4-3-6-17-7-5-10/h3-7H,1-2H3,(H,14,15,16). The van der Waals surface area contributed by atoms with Crippen molar-refractivity contribution in [1.82, 2.24) is 9.97 Å². The minimum Gasteiger partial charge on any atom is -0.324 e. The molecule has 1 aliphatic rings. The molecular formula is C12H12FN3S. The maximum atomic E-state index is 13.4. The third-order valence-electron chi connectivity index (χ3n) is 2.20. The fraction of sp³-hybridized carbons (Fsp3) is 0.167. The highest BCUT2D eigenvalue weighted by atomic mass is 32.2. The van der Waals surface area contributed by atoms with E-state index in [1.165, 1.54) is 0 Å². The van der Waals surface area contributed by atoms with Gasteiger partial charge >= 0.3 is 0 Å². The molecule has 0 unspecified atom stereocenters. The van der Waals surface area contributed by atoms with Gasteiger partial charge in [0.2, 0.25) is 5.95 Å². The van der Waals surface area contributed by atoms with Gasteiger partial charge in [0.25, 0.3) is 0 Å². The van der Waals surface area contributed by atoms with E-state index in [0.29, 0.717) is 17.3 Å². The van der Waals surface area contributed by atoms with E-state index in [0.717, 1.165) is 5.70 Å². The van der Waals surface area contributed by atoms with Crippen molar-refractivity contribution in [2.75, 3.05) is 5.32 Å². The molecule has 2 rings (SSSR count). The molecule has 0 amide bonds. The highest BCUT2D eigenvalue weighted by Gasteiger charge is 2.07. The maximum Gasteiger partial charge on any atom is 0.227 e.